The molecule has 1 N–H and O–H groups in total. The van der Waals surface area contributed by atoms with Crippen molar-refractivity contribution in [2.75, 3.05) is 0 Å². The number of pyridine rings is 1. The Morgan fingerprint density at radius 3 is 3.00 bits per heavy atom. The van der Waals surface area contributed by atoms with Crippen LogP contribution in [0, 0.1) is 13.8 Å². The van der Waals surface area contributed by atoms with Crippen molar-refractivity contribution in [3.05, 3.63) is 27.9 Å². The van der Waals surface area contributed by atoms with Gasteiger partial charge in [-0.3, -0.25) is 4.98 Å². The molecule has 0 saturated carbocycles. The SMILES string of the molecule is Cc1cc(C)c2[nH]c(=O)oc2n1. The van der Waals surface area contributed by atoms with Gasteiger partial charge in [-0.05, 0) is 25.5 Å². The maximum absolute atomic E-state index is 10.8. The molecule has 2 heterocycles. The van der Waals surface area contributed by atoms with Crippen LogP contribution in [0.1, 0.15) is 11.3 Å². The van der Waals surface area contributed by atoms with Gasteiger partial charge < -0.3 is 4.42 Å². The van der Waals surface area contributed by atoms with Crippen LogP contribution in [-0.2, 0) is 0 Å². The first-order valence-electron chi connectivity index (χ1n) is 3.64. The van der Waals surface area contributed by atoms with Gasteiger partial charge in [0.1, 0.15) is 5.52 Å². The number of oxazole rings is 1. The van der Waals surface area contributed by atoms with Crippen LogP contribution in [0.5, 0.6) is 0 Å². The van der Waals surface area contributed by atoms with Gasteiger partial charge in [0.15, 0.2) is 0 Å². The predicted octanol–water partition coefficient (Wildman–Crippen LogP) is 1.13. The van der Waals surface area contributed by atoms with E-state index in [0.717, 1.165) is 11.3 Å². The molecule has 0 unspecified atom stereocenters. The summed E-state index contributed by atoms with van der Waals surface area (Å²) in [6.07, 6.45) is 0. The third-order valence-corrected chi connectivity index (χ3v) is 1.73. The fraction of sp³-hybridized carbons (Fsp3) is 0.250. The number of rotatable bonds is 0. The van der Waals surface area contributed by atoms with Crippen LogP contribution in [-0.4, -0.2) is 9.97 Å². The minimum Gasteiger partial charge on any atom is -0.389 e. The summed E-state index contributed by atoms with van der Waals surface area (Å²) in [4.78, 5) is 17.4. The Labute approximate surface area is 68.2 Å². The average molecular weight is 164 g/mol. The summed E-state index contributed by atoms with van der Waals surface area (Å²) in [5.74, 6) is -0.453. The average Bonchev–Trinajstić information content (AvgIpc) is 2.29. The van der Waals surface area contributed by atoms with Gasteiger partial charge in [0, 0.05) is 5.69 Å². The lowest BCUT2D eigenvalue weighted by atomic mass is 10.2. The van der Waals surface area contributed by atoms with Crippen LogP contribution < -0.4 is 5.76 Å². The second-order valence-corrected chi connectivity index (χ2v) is 2.78. The number of hydrogen-bond acceptors (Lipinski definition) is 3. The van der Waals surface area contributed by atoms with Crippen molar-refractivity contribution < 1.29 is 4.42 Å². The molecule has 0 atom stereocenters. The molecule has 0 fully saturated rings. The number of fused-ring (bicyclic) bond motifs is 1. The van der Waals surface area contributed by atoms with E-state index in [1.807, 2.05) is 19.9 Å². The monoisotopic (exact) mass is 164 g/mol. The molecular weight excluding hydrogens is 156 g/mol. The normalized spacial score (nSPS) is 10.8. The smallest absolute Gasteiger partial charge is 0.389 e. The first-order chi connectivity index (χ1) is 5.66. The van der Waals surface area contributed by atoms with E-state index < -0.39 is 5.76 Å². The lowest BCUT2D eigenvalue weighted by molar-refractivity contribution is 0.545. The number of nitrogens with zero attached hydrogens (tertiary/aromatic N) is 1. The molecule has 2 rings (SSSR count). The van der Waals surface area contributed by atoms with Gasteiger partial charge in [-0.25, -0.2) is 9.78 Å². The molecular formula is C8H8N2O2. The van der Waals surface area contributed by atoms with E-state index >= 15 is 0 Å². The van der Waals surface area contributed by atoms with Crippen LogP contribution in [0.4, 0.5) is 0 Å². The summed E-state index contributed by atoms with van der Waals surface area (Å²) >= 11 is 0. The van der Waals surface area contributed by atoms with Crippen molar-refractivity contribution in [1.82, 2.24) is 9.97 Å². The molecule has 4 heteroatoms. The molecule has 0 spiro atoms. The summed E-state index contributed by atoms with van der Waals surface area (Å²) in [6, 6.07) is 1.90. The second kappa shape index (κ2) is 2.20. The van der Waals surface area contributed by atoms with Crippen molar-refractivity contribution >= 4 is 11.2 Å². The van der Waals surface area contributed by atoms with Crippen LogP contribution in [0.3, 0.4) is 0 Å². The Morgan fingerprint density at radius 2 is 2.25 bits per heavy atom. The molecule has 2 aromatic heterocycles. The largest absolute Gasteiger partial charge is 0.418 e. The number of aryl methyl sites for hydroxylation is 2. The molecule has 0 aliphatic carbocycles. The highest BCUT2D eigenvalue weighted by Gasteiger charge is 2.04. The summed E-state index contributed by atoms with van der Waals surface area (Å²) in [6.45, 7) is 3.77. The molecule has 0 amide bonds. The molecule has 0 saturated heterocycles. The molecule has 4 nitrogen and oxygen atoms in total. The van der Waals surface area contributed by atoms with Crippen molar-refractivity contribution in [2.45, 2.75) is 13.8 Å². The number of nitrogens with one attached hydrogen (secondary N) is 1. The van der Waals surface area contributed by atoms with Gasteiger partial charge in [0.05, 0.1) is 0 Å². The second-order valence-electron chi connectivity index (χ2n) is 2.78. The Hall–Kier alpha value is -1.58. The maximum Gasteiger partial charge on any atom is 0.418 e. The number of H-pyrrole nitrogens is 1. The van der Waals surface area contributed by atoms with E-state index in [-0.39, 0.29) is 0 Å². The zero-order chi connectivity index (χ0) is 8.72. The third-order valence-electron chi connectivity index (χ3n) is 1.73. The van der Waals surface area contributed by atoms with Crippen LogP contribution >= 0.6 is 0 Å². The Kier molecular flexibility index (Phi) is 1.30. The van der Waals surface area contributed by atoms with E-state index in [1.165, 1.54) is 0 Å². The van der Waals surface area contributed by atoms with Crippen LogP contribution in [0.15, 0.2) is 15.3 Å². The Bertz CT molecular complexity index is 481. The van der Waals surface area contributed by atoms with Gasteiger partial charge in [0.25, 0.3) is 0 Å². The van der Waals surface area contributed by atoms with Gasteiger partial charge in [-0.1, -0.05) is 0 Å². The maximum atomic E-state index is 10.8. The summed E-state index contributed by atoms with van der Waals surface area (Å²) < 4.78 is 4.81. The number of hydrogen-bond donors (Lipinski definition) is 1. The molecule has 12 heavy (non-hydrogen) atoms. The van der Waals surface area contributed by atoms with E-state index in [9.17, 15) is 4.79 Å². The van der Waals surface area contributed by atoms with Gasteiger partial charge >= 0.3 is 5.76 Å². The topological polar surface area (TPSA) is 58.9 Å². The Balaban J connectivity index is 2.97. The zero-order valence-electron chi connectivity index (χ0n) is 6.84. The molecule has 0 aliphatic heterocycles. The summed E-state index contributed by atoms with van der Waals surface area (Å²) in [7, 11) is 0. The van der Waals surface area contributed by atoms with Gasteiger partial charge in [-0.15, -0.1) is 0 Å². The molecule has 0 aliphatic rings. The third kappa shape index (κ3) is 0.922. The van der Waals surface area contributed by atoms with Crippen molar-refractivity contribution in [2.24, 2.45) is 0 Å². The van der Waals surface area contributed by atoms with E-state index in [1.54, 1.807) is 0 Å². The van der Waals surface area contributed by atoms with Crippen molar-refractivity contribution in [1.29, 1.82) is 0 Å². The van der Waals surface area contributed by atoms with E-state index in [2.05, 4.69) is 9.97 Å². The highest BCUT2D eigenvalue weighted by molar-refractivity contribution is 5.71. The van der Waals surface area contributed by atoms with Crippen LogP contribution in [0.25, 0.3) is 11.2 Å². The quantitative estimate of drug-likeness (QED) is 0.635. The zero-order valence-corrected chi connectivity index (χ0v) is 6.84. The molecule has 0 bridgehead atoms. The number of aromatic amines is 1. The minimum absolute atomic E-state index is 0.387. The minimum atomic E-state index is -0.453. The standard InChI is InChI=1S/C8H8N2O2/c1-4-3-5(2)9-7-6(4)10-8(11)12-7/h3H,1-2H3,(H,10,11). The fourth-order valence-electron chi connectivity index (χ4n) is 1.24. The summed E-state index contributed by atoms with van der Waals surface area (Å²) in [5, 5.41) is 0. The lowest BCUT2D eigenvalue weighted by Gasteiger charge is -1.94. The van der Waals surface area contributed by atoms with Crippen molar-refractivity contribution in [3.63, 3.8) is 0 Å². The van der Waals surface area contributed by atoms with Gasteiger partial charge in [0.2, 0.25) is 5.71 Å². The predicted molar refractivity (Wildman–Crippen MR) is 44.1 cm³/mol. The number of aromatic nitrogens is 2. The van der Waals surface area contributed by atoms with E-state index in [4.69, 9.17) is 4.42 Å². The van der Waals surface area contributed by atoms with Crippen molar-refractivity contribution in [3.8, 4) is 0 Å². The summed E-state index contributed by atoms with van der Waals surface area (Å²) in [5.41, 5.74) is 2.90. The molecule has 0 aromatic carbocycles. The van der Waals surface area contributed by atoms with E-state index in [0.29, 0.717) is 11.2 Å². The first kappa shape index (κ1) is 7.09. The molecule has 0 radical (unpaired) electrons. The fourth-order valence-corrected chi connectivity index (χ4v) is 1.24. The molecule has 62 valence electrons. The highest BCUT2D eigenvalue weighted by Crippen LogP contribution is 2.12. The van der Waals surface area contributed by atoms with Gasteiger partial charge in [-0.2, -0.15) is 0 Å². The van der Waals surface area contributed by atoms with Crippen LogP contribution in [0.2, 0.25) is 0 Å². The highest BCUT2D eigenvalue weighted by atomic mass is 16.4. The first-order valence-corrected chi connectivity index (χ1v) is 3.64. The Morgan fingerprint density at radius 1 is 1.50 bits per heavy atom. The lowest BCUT2D eigenvalue weighted by Crippen LogP contribution is -1.93. The molecule has 2 aromatic rings.